The van der Waals surface area contributed by atoms with Crippen LogP contribution in [0, 0.1) is 28.6 Å². The van der Waals surface area contributed by atoms with Crippen LogP contribution in [-0.2, 0) is 0 Å². The van der Waals surface area contributed by atoms with Gasteiger partial charge < -0.3 is 5.32 Å². The lowest BCUT2D eigenvalue weighted by Crippen LogP contribution is -2.39. The zero-order valence-corrected chi connectivity index (χ0v) is 13.3. The first kappa shape index (κ1) is 14.4. The standard InChI is InChI=1S/C17H33N/c1-7-12-8-10-13(11-9-12)14(18-6)15-16(2,3)17(15,4)5/h12-15,18H,7-11H2,1-6H3. The third-order valence-electron chi connectivity index (χ3n) is 6.80. The average Bonchev–Trinajstić information content (AvgIpc) is 2.74. The van der Waals surface area contributed by atoms with E-state index in [-0.39, 0.29) is 0 Å². The predicted octanol–water partition coefficient (Wildman–Crippen LogP) is 4.47. The molecule has 0 aromatic heterocycles. The third-order valence-corrected chi connectivity index (χ3v) is 6.80. The number of rotatable bonds is 4. The smallest absolute Gasteiger partial charge is 0.0131 e. The Bertz CT molecular complexity index is 270. The highest BCUT2D eigenvalue weighted by Crippen LogP contribution is 2.70. The van der Waals surface area contributed by atoms with Crippen molar-refractivity contribution >= 4 is 0 Å². The van der Waals surface area contributed by atoms with Gasteiger partial charge in [-0.05, 0) is 48.5 Å². The van der Waals surface area contributed by atoms with Crippen LogP contribution in [0.5, 0.6) is 0 Å². The maximum atomic E-state index is 3.68. The lowest BCUT2D eigenvalue weighted by atomic mass is 9.75. The van der Waals surface area contributed by atoms with Gasteiger partial charge in [-0.2, -0.15) is 0 Å². The fraction of sp³-hybridized carbons (Fsp3) is 1.00. The van der Waals surface area contributed by atoms with Crippen LogP contribution in [0.3, 0.4) is 0 Å². The van der Waals surface area contributed by atoms with Crippen LogP contribution in [0.2, 0.25) is 0 Å². The molecule has 1 unspecified atom stereocenters. The molecule has 1 heteroatoms. The van der Waals surface area contributed by atoms with Crippen molar-refractivity contribution in [3.05, 3.63) is 0 Å². The van der Waals surface area contributed by atoms with Crippen LogP contribution >= 0.6 is 0 Å². The molecule has 0 spiro atoms. The van der Waals surface area contributed by atoms with Crippen LogP contribution in [0.4, 0.5) is 0 Å². The fourth-order valence-electron chi connectivity index (χ4n) is 4.78. The Hall–Kier alpha value is -0.0400. The van der Waals surface area contributed by atoms with E-state index in [0.29, 0.717) is 10.8 Å². The molecule has 2 rings (SSSR count). The Kier molecular flexibility index (Phi) is 3.84. The second-order valence-electron chi connectivity index (χ2n) is 7.92. The maximum Gasteiger partial charge on any atom is 0.0131 e. The average molecular weight is 251 g/mol. The summed E-state index contributed by atoms with van der Waals surface area (Å²) in [6, 6.07) is 0.743. The van der Waals surface area contributed by atoms with E-state index in [9.17, 15) is 0 Å². The third kappa shape index (κ3) is 2.13. The second-order valence-corrected chi connectivity index (χ2v) is 7.92. The van der Waals surface area contributed by atoms with Gasteiger partial charge in [0, 0.05) is 6.04 Å². The van der Waals surface area contributed by atoms with Crippen molar-refractivity contribution in [2.75, 3.05) is 7.05 Å². The van der Waals surface area contributed by atoms with E-state index in [2.05, 4.69) is 47.0 Å². The summed E-state index contributed by atoms with van der Waals surface area (Å²) in [6.45, 7) is 12.2. The quantitative estimate of drug-likeness (QED) is 0.777. The summed E-state index contributed by atoms with van der Waals surface area (Å²) in [6.07, 6.45) is 7.22. The molecule has 1 nitrogen and oxygen atoms in total. The summed E-state index contributed by atoms with van der Waals surface area (Å²) in [5, 5.41) is 3.68. The van der Waals surface area contributed by atoms with Gasteiger partial charge in [0.1, 0.15) is 0 Å². The van der Waals surface area contributed by atoms with Crippen molar-refractivity contribution in [1.82, 2.24) is 5.32 Å². The van der Waals surface area contributed by atoms with E-state index >= 15 is 0 Å². The summed E-state index contributed by atoms with van der Waals surface area (Å²) in [5.41, 5.74) is 1.03. The molecule has 18 heavy (non-hydrogen) atoms. The summed E-state index contributed by atoms with van der Waals surface area (Å²) in [5.74, 6) is 2.79. The highest BCUT2D eigenvalue weighted by atomic mass is 14.9. The Labute approximate surface area is 114 Å². The fourth-order valence-corrected chi connectivity index (χ4v) is 4.78. The molecule has 0 saturated heterocycles. The largest absolute Gasteiger partial charge is 0.316 e. The van der Waals surface area contributed by atoms with Crippen molar-refractivity contribution in [2.45, 2.75) is 72.8 Å². The number of hydrogen-bond acceptors (Lipinski definition) is 1. The van der Waals surface area contributed by atoms with Crippen molar-refractivity contribution in [1.29, 1.82) is 0 Å². The SMILES string of the molecule is CCC1CCC(C(NC)C2C(C)(C)C2(C)C)CC1. The van der Waals surface area contributed by atoms with Gasteiger partial charge in [-0.15, -0.1) is 0 Å². The van der Waals surface area contributed by atoms with Crippen molar-refractivity contribution in [2.24, 2.45) is 28.6 Å². The molecule has 0 aromatic rings. The van der Waals surface area contributed by atoms with Gasteiger partial charge in [-0.25, -0.2) is 0 Å². The highest BCUT2D eigenvalue weighted by molar-refractivity contribution is 5.17. The molecule has 0 aliphatic heterocycles. The van der Waals surface area contributed by atoms with Crippen molar-refractivity contribution in [3.8, 4) is 0 Å². The van der Waals surface area contributed by atoms with E-state index in [1.54, 1.807) is 0 Å². The minimum Gasteiger partial charge on any atom is -0.316 e. The minimum atomic E-state index is 0.516. The zero-order valence-electron chi connectivity index (χ0n) is 13.3. The van der Waals surface area contributed by atoms with Crippen molar-refractivity contribution in [3.63, 3.8) is 0 Å². The summed E-state index contributed by atoms with van der Waals surface area (Å²) in [7, 11) is 2.18. The van der Waals surface area contributed by atoms with Gasteiger partial charge in [-0.1, -0.05) is 53.9 Å². The zero-order chi connectivity index (χ0) is 13.6. The molecule has 1 N–H and O–H groups in total. The Balaban J connectivity index is 1.99. The van der Waals surface area contributed by atoms with Gasteiger partial charge in [-0.3, -0.25) is 0 Å². The first-order valence-corrected chi connectivity index (χ1v) is 8.03. The molecule has 2 saturated carbocycles. The van der Waals surface area contributed by atoms with Crippen LogP contribution < -0.4 is 5.32 Å². The number of nitrogens with one attached hydrogen (secondary N) is 1. The lowest BCUT2D eigenvalue weighted by molar-refractivity contribution is 0.195. The molecular formula is C17H33N. The molecule has 106 valence electrons. The molecule has 2 aliphatic carbocycles. The second kappa shape index (κ2) is 4.81. The lowest BCUT2D eigenvalue weighted by Gasteiger charge is -2.35. The summed E-state index contributed by atoms with van der Waals surface area (Å²) in [4.78, 5) is 0. The first-order valence-electron chi connectivity index (χ1n) is 8.03. The van der Waals surface area contributed by atoms with E-state index in [4.69, 9.17) is 0 Å². The van der Waals surface area contributed by atoms with Gasteiger partial charge in [0.2, 0.25) is 0 Å². The topological polar surface area (TPSA) is 12.0 Å². The molecular weight excluding hydrogens is 218 g/mol. The first-order chi connectivity index (χ1) is 8.36. The molecule has 0 heterocycles. The van der Waals surface area contributed by atoms with Crippen molar-refractivity contribution < 1.29 is 0 Å². The molecule has 1 atom stereocenters. The Morgan fingerprint density at radius 1 is 1.00 bits per heavy atom. The van der Waals surface area contributed by atoms with Gasteiger partial charge in [0.05, 0.1) is 0 Å². The van der Waals surface area contributed by atoms with Crippen LogP contribution in [0.15, 0.2) is 0 Å². The van der Waals surface area contributed by atoms with Gasteiger partial charge >= 0.3 is 0 Å². The molecule has 0 amide bonds. The Morgan fingerprint density at radius 3 is 1.83 bits per heavy atom. The molecule has 0 aromatic carbocycles. The highest BCUT2D eigenvalue weighted by Gasteiger charge is 2.67. The van der Waals surface area contributed by atoms with Gasteiger partial charge in [0.15, 0.2) is 0 Å². The maximum absolute atomic E-state index is 3.68. The van der Waals surface area contributed by atoms with E-state index < -0.39 is 0 Å². The predicted molar refractivity (Wildman–Crippen MR) is 79.6 cm³/mol. The minimum absolute atomic E-state index is 0.516. The monoisotopic (exact) mass is 251 g/mol. The molecule has 2 aliphatic rings. The number of hydrogen-bond donors (Lipinski definition) is 1. The van der Waals surface area contributed by atoms with Crippen LogP contribution in [-0.4, -0.2) is 13.1 Å². The molecule has 0 bridgehead atoms. The molecule has 0 radical (unpaired) electrons. The van der Waals surface area contributed by atoms with Crippen LogP contribution in [0.25, 0.3) is 0 Å². The Morgan fingerprint density at radius 2 is 1.50 bits per heavy atom. The van der Waals surface area contributed by atoms with E-state index in [1.165, 1.54) is 32.1 Å². The summed E-state index contributed by atoms with van der Waals surface area (Å²) >= 11 is 0. The van der Waals surface area contributed by atoms with E-state index in [1.807, 2.05) is 0 Å². The normalized spacial score (nSPS) is 36.3. The molecule has 2 fully saturated rings. The van der Waals surface area contributed by atoms with E-state index in [0.717, 1.165) is 23.8 Å². The summed E-state index contributed by atoms with van der Waals surface area (Å²) < 4.78 is 0. The van der Waals surface area contributed by atoms with Gasteiger partial charge in [0.25, 0.3) is 0 Å². The van der Waals surface area contributed by atoms with Crippen LogP contribution in [0.1, 0.15) is 66.7 Å².